The Morgan fingerprint density at radius 2 is 2.12 bits per heavy atom. The Balaban J connectivity index is 2.01. The Kier molecular flexibility index (Phi) is 3.22. The smallest absolute Gasteiger partial charge is 0.137 e. The minimum Gasteiger partial charge on any atom is -0.491 e. The Hall–Kier alpha value is -1.71. The van der Waals surface area contributed by atoms with Crippen molar-refractivity contribution in [3.63, 3.8) is 0 Å². The largest absolute Gasteiger partial charge is 0.491 e. The van der Waals surface area contributed by atoms with Crippen LogP contribution in [0.25, 0.3) is 0 Å². The highest BCUT2D eigenvalue weighted by Gasteiger charge is 2.43. The van der Waals surface area contributed by atoms with Gasteiger partial charge in [-0.3, -0.25) is 0 Å². The van der Waals surface area contributed by atoms with E-state index in [0.717, 1.165) is 12.8 Å². The molecule has 3 nitrogen and oxygen atoms in total. The monoisotopic (exact) mass is 246 g/mol. The zero-order valence-corrected chi connectivity index (χ0v) is 10.00. The van der Waals surface area contributed by atoms with Crippen molar-refractivity contribution < 1.29 is 4.74 Å². The number of nitrogens with zero attached hydrogens (tertiary/aromatic N) is 2. The number of hydrogen-bond donors (Lipinski definition) is 0. The third kappa shape index (κ3) is 2.70. The molecule has 0 N–H and O–H groups in total. The van der Waals surface area contributed by atoms with Crippen molar-refractivity contribution in [3.05, 3.63) is 28.8 Å². The van der Waals surface area contributed by atoms with Crippen LogP contribution in [0.2, 0.25) is 5.02 Å². The third-order valence-electron chi connectivity index (χ3n) is 3.01. The summed E-state index contributed by atoms with van der Waals surface area (Å²) in [5.41, 5.74) is 0.548. The van der Waals surface area contributed by atoms with Gasteiger partial charge in [0.15, 0.2) is 0 Å². The molecular formula is C13H11ClN2O. The summed E-state index contributed by atoms with van der Waals surface area (Å²) in [6.45, 7) is 0.520. The van der Waals surface area contributed by atoms with E-state index < -0.39 is 0 Å². The highest BCUT2D eigenvalue weighted by atomic mass is 35.5. The van der Waals surface area contributed by atoms with Crippen LogP contribution in [0.3, 0.4) is 0 Å². The van der Waals surface area contributed by atoms with Gasteiger partial charge >= 0.3 is 0 Å². The predicted molar refractivity (Wildman–Crippen MR) is 63.6 cm³/mol. The Morgan fingerprint density at radius 3 is 2.65 bits per heavy atom. The average molecular weight is 247 g/mol. The first kappa shape index (κ1) is 11.8. The molecule has 0 heterocycles. The summed E-state index contributed by atoms with van der Waals surface area (Å²) in [5, 5.41) is 17.8. The van der Waals surface area contributed by atoms with Crippen molar-refractivity contribution in [2.24, 2.45) is 5.41 Å². The maximum Gasteiger partial charge on any atom is 0.137 e. The molecule has 0 bridgehead atoms. The Bertz CT molecular complexity index is 509. The van der Waals surface area contributed by atoms with Crippen LogP contribution in [0.1, 0.15) is 24.8 Å². The summed E-state index contributed by atoms with van der Waals surface area (Å²) in [6.07, 6.45) is 2.60. The first-order valence-electron chi connectivity index (χ1n) is 5.38. The fraction of sp³-hybridized carbons (Fsp3) is 0.385. The van der Waals surface area contributed by atoms with Crippen molar-refractivity contribution >= 4 is 11.6 Å². The number of halogens is 1. The van der Waals surface area contributed by atoms with E-state index >= 15 is 0 Å². The molecule has 4 heteroatoms. The molecule has 1 saturated carbocycles. The Morgan fingerprint density at radius 1 is 1.35 bits per heavy atom. The lowest BCUT2D eigenvalue weighted by molar-refractivity contribution is 0.237. The zero-order chi connectivity index (χ0) is 12.3. The zero-order valence-electron chi connectivity index (χ0n) is 9.24. The predicted octanol–water partition coefficient (Wildman–Crippen LogP) is 3.28. The lowest BCUT2D eigenvalue weighted by Crippen LogP contribution is -2.12. The SMILES string of the molecule is N#CCC1(COc2ccc(C#N)cc2Cl)CC1. The van der Waals surface area contributed by atoms with E-state index in [-0.39, 0.29) is 5.41 Å². The molecule has 0 unspecified atom stereocenters. The molecule has 1 aromatic rings. The molecule has 0 spiro atoms. The lowest BCUT2D eigenvalue weighted by Gasteiger charge is -2.13. The maximum absolute atomic E-state index is 8.71. The summed E-state index contributed by atoms with van der Waals surface area (Å²) >= 11 is 5.99. The molecule has 86 valence electrons. The van der Waals surface area contributed by atoms with Gasteiger partial charge in [0, 0.05) is 11.8 Å². The van der Waals surface area contributed by atoms with Crippen LogP contribution in [0.5, 0.6) is 5.75 Å². The fourth-order valence-corrected chi connectivity index (χ4v) is 1.87. The molecule has 0 aromatic heterocycles. The second-order valence-corrected chi connectivity index (χ2v) is 4.79. The van der Waals surface area contributed by atoms with E-state index in [0.29, 0.717) is 29.4 Å². The van der Waals surface area contributed by atoms with Gasteiger partial charge in [0.05, 0.1) is 29.3 Å². The van der Waals surface area contributed by atoms with E-state index in [9.17, 15) is 0 Å². The van der Waals surface area contributed by atoms with Crippen LogP contribution < -0.4 is 4.74 Å². The summed E-state index contributed by atoms with van der Waals surface area (Å²) in [6, 6.07) is 9.15. The first-order valence-corrected chi connectivity index (χ1v) is 5.76. The molecule has 0 radical (unpaired) electrons. The van der Waals surface area contributed by atoms with Crippen molar-refractivity contribution in [2.75, 3.05) is 6.61 Å². The molecule has 2 rings (SSSR count). The highest BCUT2D eigenvalue weighted by Crippen LogP contribution is 2.49. The van der Waals surface area contributed by atoms with Crippen LogP contribution in [0.4, 0.5) is 0 Å². The molecule has 17 heavy (non-hydrogen) atoms. The van der Waals surface area contributed by atoms with Crippen LogP contribution in [-0.2, 0) is 0 Å². The number of benzene rings is 1. The minimum atomic E-state index is 0.0337. The lowest BCUT2D eigenvalue weighted by atomic mass is 10.1. The van der Waals surface area contributed by atoms with E-state index in [1.54, 1.807) is 18.2 Å². The van der Waals surface area contributed by atoms with E-state index in [2.05, 4.69) is 6.07 Å². The van der Waals surface area contributed by atoms with Crippen molar-refractivity contribution in [1.82, 2.24) is 0 Å². The number of hydrogen-bond acceptors (Lipinski definition) is 3. The van der Waals surface area contributed by atoms with Gasteiger partial charge in [0.2, 0.25) is 0 Å². The van der Waals surface area contributed by atoms with Gasteiger partial charge in [-0.25, -0.2) is 0 Å². The van der Waals surface area contributed by atoms with E-state index in [1.807, 2.05) is 6.07 Å². The molecule has 0 aliphatic heterocycles. The topological polar surface area (TPSA) is 56.8 Å². The molecule has 1 aromatic carbocycles. The van der Waals surface area contributed by atoms with Crippen LogP contribution in [0, 0.1) is 28.1 Å². The molecule has 1 aliphatic carbocycles. The second-order valence-electron chi connectivity index (χ2n) is 4.38. The molecule has 1 aliphatic rings. The third-order valence-corrected chi connectivity index (χ3v) is 3.30. The second kappa shape index (κ2) is 4.65. The highest BCUT2D eigenvalue weighted by molar-refractivity contribution is 6.32. The summed E-state index contributed by atoms with van der Waals surface area (Å²) < 4.78 is 5.62. The fourth-order valence-electron chi connectivity index (χ4n) is 1.63. The number of ether oxygens (including phenoxy) is 1. The molecule has 1 fully saturated rings. The van der Waals surface area contributed by atoms with Crippen LogP contribution >= 0.6 is 11.6 Å². The summed E-state index contributed by atoms with van der Waals surface area (Å²) in [7, 11) is 0. The van der Waals surface area contributed by atoms with Gasteiger partial charge < -0.3 is 4.74 Å². The van der Waals surface area contributed by atoms with Gasteiger partial charge in [0.25, 0.3) is 0 Å². The number of rotatable bonds is 4. The van der Waals surface area contributed by atoms with Gasteiger partial charge in [-0.2, -0.15) is 10.5 Å². The van der Waals surface area contributed by atoms with Gasteiger partial charge in [-0.15, -0.1) is 0 Å². The molecule has 0 atom stereocenters. The molecule has 0 saturated heterocycles. The van der Waals surface area contributed by atoms with E-state index in [1.165, 1.54) is 0 Å². The maximum atomic E-state index is 8.71. The van der Waals surface area contributed by atoms with Crippen molar-refractivity contribution in [3.8, 4) is 17.9 Å². The molecule has 0 amide bonds. The quantitative estimate of drug-likeness (QED) is 0.819. The van der Waals surface area contributed by atoms with Gasteiger partial charge in [0.1, 0.15) is 5.75 Å². The minimum absolute atomic E-state index is 0.0337. The van der Waals surface area contributed by atoms with Crippen molar-refractivity contribution in [1.29, 1.82) is 10.5 Å². The average Bonchev–Trinajstić information content (AvgIpc) is 3.08. The normalized spacial score (nSPS) is 15.7. The van der Waals surface area contributed by atoms with E-state index in [4.69, 9.17) is 26.9 Å². The van der Waals surface area contributed by atoms with Gasteiger partial charge in [-0.1, -0.05) is 11.6 Å². The standard InChI is InChI=1S/C13H11ClN2O/c14-11-7-10(8-16)1-2-12(11)17-9-13(3-4-13)5-6-15/h1-2,7H,3-5,9H2. The summed E-state index contributed by atoms with van der Waals surface area (Å²) in [4.78, 5) is 0. The first-order chi connectivity index (χ1) is 8.19. The molecular weight excluding hydrogens is 236 g/mol. The Labute approximate surface area is 105 Å². The van der Waals surface area contributed by atoms with Crippen molar-refractivity contribution in [2.45, 2.75) is 19.3 Å². The van der Waals surface area contributed by atoms with Gasteiger partial charge in [-0.05, 0) is 31.0 Å². The van der Waals surface area contributed by atoms with Crippen LogP contribution in [0.15, 0.2) is 18.2 Å². The number of nitriles is 2. The summed E-state index contributed by atoms with van der Waals surface area (Å²) in [5.74, 6) is 0.579. The van der Waals surface area contributed by atoms with Crippen LogP contribution in [-0.4, -0.2) is 6.61 Å².